The van der Waals surface area contributed by atoms with Crippen molar-refractivity contribution in [1.82, 2.24) is 15.6 Å². The Labute approximate surface area is 191 Å². The number of carbonyl (C=O) groups is 1. The molecule has 1 aromatic carbocycles. The summed E-state index contributed by atoms with van der Waals surface area (Å²) in [6.45, 7) is 9.66. The Morgan fingerprint density at radius 3 is 2.44 bits per heavy atom. The third-order valence-electron chi connectivity index (χ3n) is 4.34. The van der Waals surface area contributed by atoms with Crippen LogP contribution in [-0.2, 0) is 17.7 Å². The number of hydrogen-bond acceptors (Lipinski definition) is 5. The van der Waals surface area contributed by atoms with Crippen molar-refractivity contribution < 1.29 is 9.53 Å². The molecule has 0 aliphatic heterocycles. The van der Waals surface area contributed by atoms with Crippen molar-refractivity contribution in [3.8, 4) is 0 Å². The predicted octanol–water partition coefficient (Wildman–Crippen LogP) is 3.79. The first-order valence-electron chi connectivity index (χ1n) is 10.9. The van der Waals surface area contributed by atoms with Crippen molar-refractivity contribution in [3.63, 3.8) is 0 Å². The summed E-state index contributed by atoms with van der Waals surface area (Å²) >= 11 is 0. The molecule has 0 bridgehead atoms. The van der Waals surface area contributed by atoms with Gasteiger partial charge in [0.2, 0.25) is 0 Å². The Morgan fingerprint density at radius 2 is 1.81 bits per heavy atom. The van der Waals surface area contributed by atoms with E-state index < -0.39 is 11.7 Å². The second-order valence-electron chi connectivity index (χ2n) is 8.61. The van der Waals surface area contributed by atoms with E-state index in [0.29, 0.717) is 12.2 Å². The van der Waals surface area contributed by atoms with Crippen LogP contribution in [0, 0.1) is 0 Å². The SMILES string of the molecule is CCNC(=NCc1ccnc(N(C)C)c1)NCCc1ccc(NC(=O)OC(C)(C)C)cc1. The van der Waals surface area contributed by atoms with Crippen LogP contribution in [0.4, 0.5) is 16.3 Å². The Hall–Kier alpha value is -3.29. The first kappa shape index (κ1) is 25.0. The molecule has 8 heteroatoms. The normalized spacial score (nSPS) is 11.6. The van der Waals surface area contributed by atoms with E-state index in [2.05, 4.69) is 25.9 Å². The first-order valence-corrected chi connectivity index (χ1v) is 10.9. The van der Waals surface area contributed by atoms with Gasteiger partial charge in [-0.05, 0) is 69.5 Å². The fourth-order valence-corrected chi connectivity index (χ4v) is 2.82. The van der Waals surface area contributed by atoms with Crippen LogP contribution in [0.25, 0.3) is 0 Å². The number of aliphatic imine (C=N–C) groups is 1. The molecule has 2 rings (SSSR count). The lowest BCUT2D eigenvalue weighted by Gasteiger charge is -2.19. The maximum atomic E-state index is 11.9. The fourth-order valence-electron chi connectivity index (χ4n) is 2.82. The van der Waals surface area contributed by atoms with E-state index >= 15 is 0 Å². The van der Waals surface area contributed by atoms with E-state index in [1.807, 2.05) is 89.3 Å². The van der Waals surface area contributed by atoms with Crippen molar-refractivity contribution in [1.29, 1.82) is 0 Å². The zero-order valence-electron chi connectivity index (χ0n) is 20.0. The van der Waals surface area contributed by atoms with E-state index in [1.54, 1.807) is 0 Å². The van der Waals surface area contributed by atoms with Gasteiger partial charge in [-0.3, -0.25) is 5.32 Å². The summed E-state index contributed by atoms with van der Waals surface area (Å²) in [6, 6.07) is 11.8. The van der Waals surface area contributed by atoms with E-state index in [-0.39, 0.29) is 0 Å². The molecule has 0 aliphatic rings. The van der Waals surface area contributed by atoms with Crippen LogP contribution in [0.5, 0.6) is 0 Å². The molecular formula is C24H36N6O2. The zero-order chi connectivity index (χ0) is 23.6. The molecule has 0 spiro atoms. The van der Waals surface area contributed by atoms with Gasteiger partial charge in [0.1, 0.15) is 11.4 Å². The monoisotopic (exact) mass is 440 g/mol. The van der Waals surface area contributed by atoms with Gasteiger partial charge in [-0.2, -0.15) is 0 Å². The first-order chi connectivity index (χ1) is 15.2. The molecule has 0 saturated carbocycles. The molecule has 1 aromatic heterocycles. The summed E-state index contributed by atoms with van der Waals surface area (Å²) in [7, 11) is 3.95. The molecule has 0 unspecified atom stereocenters. The lowest BCUT2D eigenvalue weighted by molar-refractivity contribution is 0.0636. The number of amides is 1. The highest BCUT2D eigenvalue weighted by atomic mass is 16.6. The minimum atomic E-state index is -0.520. The number of rotatable bonds is 8. The van der Waals surface area contributed by atoms with Crippen molar-refractivity contribution in [2.75, 3.05) is 37.4 Å². The summed E-state index contributed by atoms with van der Waals surface area (Å²) in [4.78, 5) is 22.9. The number of guanidine groups is 1. The van der Waals surface area contributed by atoms with Gasteiger partial charge in [0.05, 0.1) is 6.54 Å². The van der Waals surface area contributed by atoms with Crippen molar-refractivity contribution in [3.05, 3.63) is 53.7 Å². The van der Waals surface area contributed by atoms with Gasteiger partial charge in [0.25, 0.3) is 0 Å². The average molecular weight is 441 g/mol. The van der Waals surface area contributed by atoms with Crippen LogP contribution in [-0.4, -0.2) is 49.8 Å². The van der Waals surface area contributed by atoms with Gasteiger partial charge in [0, 0.05) is 39.1 Å². The number of nitrogens with zero attached hydrogens (tertiary/aromatic N) is 3. The van der Waals surface area contributed by atoms with Gasteiger partial charge in [-0.1, -0.05) is 12.1 Å². The number of hydrogen-bond donors (Lipinski definition) is 3. The number of benzene rings is 1. The minimum Gasteiger partial charge on any atom is -0.444 e. The Balaban J connectivity index is 1.86. The lowest BCUT2D eigenvalue weighted by Crippen LogP contribution is -2.38. The van der Waals surface area contributed by atoms with Gasteiger partial charge < -0.3 is 20.3 Å². The van der Waals surface area contributed by atoms with Gasteiger partial charge in [-0.25, -0.2) is 14.8 Å². The smallest absolute Gasteiger partial charge is 0.412 e. The standard InChI is InChI=1S/C24H36N6O2/c1-7-25-22(28-17-19-13-14-26-21(16-19)30(5)6)27-15-12-18-8-10-20(11-9-18)29-23(31)32-24(2,3)4/h8-11,13-14,16H,7,12,15,17H2,1-6H3,(H,29,31)(H2,25,27,28). The molecule has 0 aliphatic carbocycles. The second-order valence-corrected chi connectivity index (χ2v) is 8.61. The van der Waals surface area contributed by atoms with E-state index in [0.717, 1.165) is 42.4 Å². The summed E-state index contributed by atoms with van der Waals surface area (Å²) in [6.07, 6.45) is 2.18. The molecule has 174 valence electrons. The number of nitrogens with one attached hydrogen (secondary N) is 3. The van der Waals surface area contributed by atoms with Crippen molar-refractivity contribution in [2.45, 2.75) is 46.3 Å². The maximum Gasteiger partial charge on any atom is 0.412 e. The third-order valence-corrected chi connectivity index (χ3v) is 4.34. The number of ether oxygens (including phenoxy) is 1. The zero-order valence-corrected chi connectivity index (χ0v) is 20.0. The molecule has 8 nitrogen and oxygen atoms in total. The van der Waals surface area contributed by atoms with E-state index in [4.69, 9.17) is 4.74 Å². The molecule has 3 N–H and O–H groups in total. The third kappa shape index (κ3) is 9.24. The fraction of sp³-hybridized carbons (Fsp3) is 0.458. The Bertz CT molecular complexity index is 888. The summed E-state index contributed by atoms with van der Waals surface area (Å²) in [5.41, 5.74) is 2.45. The maximum absolute atomic E-state index is 11.9. The molecule has 2 aromatic rings. The van der Waals surface area contributed by atoms with E-state index in [9.17, 15) is 4.79 Å². The lowest BCUT2D eigenvalue weighted by atomic mass is 10.1. The molecule has 32 heavy (non-hydrogen) atoms. The molecule has 0 atom stereocenters. The minimum absolute atomic E-state index is 0.453. The van der Waals surface area contributed by atoms with Crippen LogP contribution in [0.1, 0.15) is 38.8 Å². The van der Waals surface area contributed by atoms with Gasteiger partial charge in [0.15, 0.2) is 5.96 Å². The Morgan fingerprint density at radius 1 is 1.09 bits per heavy atom. The van der Waals surface area contributed by atoms with E-state index in [1.165, 1.54) is 0 Å². The van der Waals surface area contributed by atoms with Crippen LogP contribution in [0.15, 0.2) is 47.6 Å². The number of carbonyl (C=O) groups excluding carboxylic acids is 1. The highest BCUT2D eigenvalue weighted by molar-refractivity contribution is 5.84. The number of aromatic nitrogens is 1. The molecule has 1 amide bonds. The quantitative estimate of drug-likeness (QED) is 0.427. The van der Waals surface area contributed by atoms with Crippen molar-refractivity contribution in [2.24, 2.45) is 4.99 Å². The predicted molar refractivity (Wildman–Crippen MR) is 131 cm³/mol. The number of anilines is 2. The number of pyridine rings is 1. The Kier molecular flexibility index (Phi) is 9.31. The largest absolute Gasteiger partial charge is 0.444 e. The second kappa shape index (κ2) is 11.9. The molecular weight excluding hydrogens is 404 g/mol. The molecule has 0 radical (unpaired) electrons. The molecule has 0 fully saturated rings. The van der Waals surface area contributed by atoms with Crippen LogP contribution < -0.4 is 20.9 Å². The van der Waals surface area contributed by atoms with Crippen molar-refractivity contribution >= 4 is 23.6 Å². The topological polar surface area (TPSA) is 90.9 Å². The molecule has 0 saturated heterocycles. The van der Waals surface area contributed by atoms with Gasteiger partial charge in [-0.15, -0.1) is 0 Å². The van der Waals surface area contributed by atoms with Gasteiger partial charge >= 0.3 is 6.09 Å². The summed E-state index contributed by atoms with van der Waals surface area (Å²) < 4.78 is 5.27. The van der Waals surface area contributed by atoms with Crippen LogP contribution in [0.3, 0.4) is 0 Å². The highest BCUT2D eigenvalue weighted by Crippen LogP contribution is 2.13. The molecule has 1 heterocycles. The summed E-state index contributed by atoms with van der Waals surface area (Å²) in [5.74, 6) is 1.69. The van der Waals surface area contributed by atoms with Crippen LogP contribution >= 0.6 is 0 Å². The highest BCUT2D eigenvalue weighted by Gasteiger charge is 2.16. The van der Waals surface area contributed by atoms with Crippen LogP contribution in [0.2, 0.25) is 0 Å². The summed E-state index contributed by atoms with van der Waals surface area (Å²) in [5, 5.41) is 9.40. The average Bonchev–Trinajstić information content (AvgIpc) is 2.72.